The zero-order valence-electron chi connectivity index (χ0n) is 12.1. The summed E-state index contributed by atoms with van der Waals surface area (Å²) < 4.78 is 2.57. The molecule has 114 valence electrons. The number of hydrogen-bond donors (Lipinski definition) is 1. The van der Waals surface area contributed by atoms with Gasteiger partial charge in [-0.2, -0.15) is 5.10 Å². The van der Waals surface area contributed by atoms with Crippen molar-refractivity contribution in [2.24, 2.45) is 0 Å². The molecule has 1 aromatic heterocycles. The quantitative estimate of drug-likeness (QED) is 0.714. The molecule has 0 aliphatic heterocycles. The summed E-state index contributed by atoms with van der Waals surface area (Å²) in [7, 11) is 0. The van der Waals surface area contributed by atoms with Gasteiger partial charge in [0.25, 0.3) is 0 Å². The van der Waals surface area contributed by atoms with Gasteiger partial charge in [-0.05, 0) is 35.9 Å². The molecule has 0 aliphatic carbocycles. The number of nitrogens with zero attached hydrogens (tertiary/aromatic N) is 3. The minimum Gasteiger partial charge on any atom is -0.321 e. The van der Waals surface area contributed by atoms with Crippen molar-refractivity contribution in [3.05, 3.63) is 77.3 Å². The van der Waals surface area contributed by atoms with Crippen LogP contribution in [0.1, 0.15) is 5.56 Å². The van der Waals surface area contributed by atoms with Gasteiger partial charge in [-0.15, -0.1) is 0 Å². The average Bonchev–Trinajstić information content (AvgIpc) is 3.08. The molecule has 3 aromatic rings. The molecule has 0 bridgehead atoms. The Morgan fingerprint density at radius 3 is 2.83 bits per heavy atom. The van der Waals surface area contributed by atoms with Crippen LogP contribution in [0.3, 0.4) is 0 Å². The summed E-state index contributed by atoms with van der Waals surface area (Å²) in [5, 5.41) is 6.95. The summed E-state index contributed by atoms with van der Waals surface area (Å²) in [6.45, 7) is 0. The van der Waals surface area contributed by atoms with Crippen molar-refractivity contribution >= 4 is 33.6 Å². The highest BCUT2D eigenvalue weighted by molar-refractivity contribution is 9.10. The molecule has 1 heterocycles. The van der Waals surface area contributed by atoms with E-state index < -0.39 is 0 Å². The highest BCUT2D eigenvalue weighted by Gasteiger charge is 2.06. The van der Waals surface area contributed by atoms with Crippen LogP contribution < -0.4 is 5.32 Å². The third-order valence-electron chi connectivity index (χ3n) is 3.10. The number of para-hydroxylation sites is 2. The minimum atomic E-state index is -0.211. The summed E-state index contributed by atoms with van der Waals surface area (Å²) in [4.78, 5) is 16.1. The molecule has 0 saturated heterocycles. The first-order valence-electron chi connectivity index (χ1n) is 6.91. The third kappa shape index (κ3) is 3.92. The van der Waals surface area contributed by atoms with Gasteiger partial charge in [-0.1, -0.05) is 40.2 Å². The Kier molecular flexibility index (Phi) is 4.63. The highest BCUT2D eigenvalue weighted by Crippen LogP contribution is 2.19. The standard InChI is InChI=1S/C17H13BrN4O/c18-14-5-3-4-13(10-14)8-9-17(23)21-15-6-1-2-7-16(15)22-12-19-11-20-22/h1-12H,(H,21,23). The molecule has 6 heteroatoms. The topological polar surface area (TPSA) is 59.8 Å². The van der Waals surface area contributed by atoms with Gasteiger partial charge in [0.15, 0.2) is 0 Å². The van der Waals surface area contributed by atoms with Gasteiger partial charge in [-0.3, -0.25) is 4.79 Å². The van der Waals surface area contributed by atoms with Crippen LogP contribution in [0, 0.1) is 0 Å². The fraction of sp³-hybridized carbons (Fsp3) is 0. The summed E-state index contributed by atoms with van der Waals surface area (Å²) in [6.07, 6.45) is 6.30. The molecule has 1 N–H and O–H groups in total. The van der Waals surface area contributed by atoms with Gasteiger partial charge < -0.3 is 5.32 Å². The minimum absolute atomic E-state index is 0.211. The van der Waals surface area contributed by atoms with Crippen LogP contribution >= 0.6 is 15.9 Å². The zero-order valence-corrected chi connectivity index (χ0v) is 13.6. The maximum atomic E-state index is 12.1. The van der Waals surface area contributed by atoms with E-state index in [1.54, 1.807) is 17.1 Å². The first-order valence-corrected chi connectivity index (χ1v) is 7.70. The predicted molar refractivity (Wildman–Crippen MR) is 93.2 cm³/mol. The van der Waals surface area contributed by atoms with Crippen molar-refractivity contribution in [3.63, 3.8) is 0 Å². The third-order valence-corrected chi connectivity index (χ3v) is 3.60. The van der Waals surface area contributed by atoms with Gasteiger partial charge in [0.05, 0.1) is 11.4 Å². The molecule has 0 fully saturated rings. The van der Waals surface area contributed by atoms with Crippen molar-refractivity contribution in [1.82, 2.24) is 14.8 Å². The van der Waals surface area contributed by atoms with Crippen LogP contribution in [0.15, 0.2) is 71.7 Å². The first-order chi connectivity index (χ1) is 11.2. The van der Waals surface area contributed by atoms with E-state index in [0.29, 0.717) is 5.69 Å². The Hall–Kier alpha value is -2.73. The summed E-state index contributed by atoms with van der Waals surface area (Å²) in [5.74, 6) is -0.211. The molecule has 2 aromatic carbocycles. The molecule has 0 radical (unpaired) electrons. The molecule has 0 spiro atoms. The zero-order chi connectivity index (χ0) is 16.1. The van der Waals surface area contributed by atoms with Crippen molar-refractivity contribution in [2.75, 3.05) is 5.32 Å². The number of anilines is 1. The van der Waals surface area contributed by atoms with E-state index in [0.717, 1.165) is 15.7 Å². The molecule has 1 amide bonds. The summed E-state index contributed by atoms with van der Waals surface area (Å²) >= 11 is 3.40. The van der Waals surface area contributed by atoms with Crippen molar-refractivity contribution in [2.45, 2.75) is 0 Å². The molecule has 5 nitrogen and oxygen atoms in total. The van der Waals surface area contributed by atoms with Crippen LogP contribution in [0.25, 0.3) is 11.8 Å². The number of carbonyl (C=O) groups excluding carboxylic acids is 1. The normalized spacial score (nSPS) is 10.8. The second-order valence-electron chi connectivity index (χ2n) is 4.73. The predicted octanol–water partition coefficient (Wildman–Crippen LogP) is 3.68. The van der Waals surface area contributed by atoms with Crippen molar-refractivity contribution in [1.29, 1.82) is 0 Å². The lowest BCUT2D eigenvalue weighted by atomic mass is 10.2. The number of benzene rings is 2. The molecule has 0 saturated carbocycles. The lowest BCUT2D eigenvalue weighted by molar-refractivity contribution is -0.111. The average molecular weight is 369 g/mol. The van der Waals surface area contributed by atoms with Gasteiger partial charge in [0.2, 0.25) is 5.91 Å². The lowest BCUT2D eigenvalue weighted by Gasteiger charge is -2.08. The van der Waals surface area contributed by atoms with E-state index in [2.05, 4.69) is 31.3 Å². The monoisotopic (exact) mass is 368 g/mol. The number of halogens is 1. The van der Waals surface area contributed by atoms with E-state index in [9.17, 15) is 4.79 Å². The second-order valence-corrected chi connectivity index (χ2v) is 5.65. The molecule has 0 unspecified atom stereocenters. The van der Waals surface area contributed by atoms with E-state index in [4.69, 9.17) is 0 Å². The molecular formula is C17H13BrN4O. The Labute approximate surface area is 141 Å². The van der Waals surface area contributed by atoms with E-state index in [-0.39, 0.29) is 5.91 Å². The Bertz CT molecular complexity index is 843. The van der Waals surface area contributed by atoms with Gasteiger partial charge >= 0.3 is 0 Å². The Morgan fingerprint density at radius 2 is 2.04 bits per heavy atom. The Morgan fingerprint density at radius 1 is 1.17 bits per heavy atom. The van der Waals surface area contributed by atoms with E-state index >= 15 is 0 Å². The number of hydrogen-bond acceptors (Lipinski definition) is 3. The number of rotatable bonds is 4. The van der Waals surface area contributed by atoms with Crippen LogP contribution in [-0.4, -0.2) is 20.7 Å². The van der Waals surface area contributed by atoms with Crippen LogP contribution in [0.2, 0.25) is 0 Å². The molecular weight excluding hydrogens is 356 g/mol. The van der Waals surface area contributed by atoms with Crippen LogP contribution in [0.5, 0.6) is 0 Å². The molecule has 3 rings (SSSR count). The number of amides is 1. The van der Waals surface area contributed by atoms with E-state index in [1.807, 2.05) is 48.5 Å². The number of carbonyl (C=O) groups is 1. The largest absolute Gasteiger partial charge is 0.321 e. The smallest absolute Gasteiger partial charge is 0.248 e. The maximum Gasteiger partial charge on any atom is 0.248 e. The Balaban J connectivity index is 1.76. The van der Waals surface area contributed by atoms with Crippen molar-refractivity contribution in [3.8, 4) is 5.69 Å². The van der Waals surface area contributed by atoms with Crippen molar-refractivity contribution < 1.29 is 4.79 Å². The SMILES string of the molecule is O=C(C=Cc1cccc(Br)c1)Nc1ccccc1-n1cncn1. The van der Waals surface area contributed by atoms with Crippen LogP contribution in [-0.2, 0) is 4.79 Å². The molecule has 0 aliphatic rings. The fourth-order valence-corrected chi connectivity index (χ4v) is 2.49. The first kappa shape index (κ1) is 15.2. The van der Waals surface area contributed by atoms with Gasteiger partial charge in [0.1, 0.15) is 12.7 Å². The van der Waals surface area contributed by atoms with Crippen LogP contribution in [0.4, 0.5) is 5.69 Å². The molecule has 0 atom stereocenters. The highest BCUT2D eigenvalue weighted by atomic mass is 79.9. The maximum absolute atomic E-state index is 12.1. The second kappa shape index (κ2) is 7.02. The van der Waals surface area contributed by atoms with Gasteiger partial charge in [-0.25, -0.2) is 9.67 Å². The summed E-state index contributed by atoms with van der Waals surface area (Å²) in [6, 6.07) is 15.1. The fourth-order valence-electron chi connectivity index (χ4n) is 2.07. The molecule has 23 heavy (non-hydrogen) atoms. The van der Waals surface area contributed by atoms with Gasteiger partial charge in [0, 0.05) is 10.5 Å². The van der Waals surface area contributed by atoms with E-state index in [1.165, 1.54) is 12.4 Å². The number of aromatic nitrogens is 3. The lowest BCUT2D eigenvalue weighted by Crippen LogP contribution is -2.10. The summed E-state index contributed by atoms with van der Waals surface area (Å²) in [5.41, 5.74) is 2.37. The number of nitrogens with one attached hydrogen (secondary N) is 1.